The molecule has 7 nitrogen and oxygen atoms in total. The number of carbonyl (C=O) groups excluding carboxylic acids is 1. The summed E-state index contributed by atoms with van der Waals surface area (Å²) < 4.78 is 47.1. The third-order valence-corrected chi connectivity index (χ3v) is 8.34. The van der Waals surface area contributed by atoms with Crippen molar-refractivity contribution >= 4 is 27.3 Å². The Morgan fingerprint density at radius 2 is 1.97 bits per heavy atom. The lowest BCUT2D eigenvalue weighted by molar-refractivity contribution is -0.119. The first-order valence-corrected chi connectivity index (χ1v) is 13.4. The second kappa shape index (κ2) is 10.4. The first kappa shape index (κ1) is 26.8. The lowest BCUT2D eigenvalue weighted by Crippen LogP contribution is -2.30. The zero-order valence-corrected chi connectivity index (χ0v) is 21.9. The van der Waals surface area contributed by atoms with Crippen molar-refractivity contribution in [3.05, 3.63) is 64.4 Å². The molecule has 0 spiro atoms. The monoisotopic (exact) mass is 520 g/mol. The van der Waals surface area contributed by atoms with Gasteiger partial charge < -0.3 is 9.84 Å². The van der Waals surface area contributed by atoms with Gasteiger partial charge in [-0.05, 0) is 83.6 Å². The summed E-state index contributed by atoms with van der Waals surface area (Å²) in [5.41, 5.74) is 2.01. The van der Waals surface area contributed by atoms with Gasteiger partial charge in [-0.15, -0.1) is 11.3 Å². The second-order valence-electron chi connectivity index (χ2n) is 9.00. The number of aromatic nitrogens is 1. The van der Waals surface area contributed by atoms with Crippen LogP contribution in [0.25, 0.3) is 11.1 Å². The number of rotatable bonds is 9. The maximum atomic E-state index is 14.5. The molecule has 0 saturated heterocycles. The minimum Gasteiger partial charge on any atom is -0.481 e. The molecule has 2 aromatic heterocycles. The number of hydrogen-bond acceptors (Lipinski definition) is 7. The number of nitrogens with zero attached hydrogens (tertiary/aromatic N) is 1. The molecule has 10 heteroatoms. The van der Waals surface area contributed by atoms with Crippen molar-refractivity contribution in [2.24, 2.45) is 0 Å². The van der Waals surface area contributed by atoms with E-state index in [2.05, 4.69) is 9.71 Å². The molecule has 0 saturated carbocycles. The molecular weight excluding hydrogens is 491 g/mol. The molecule has 0 unspecified atom stereocenters. The predicted octanol–water partition coefficient (Wildman–Crippen LogP) is 4.75. The first-order chi connectivity index (χ1) is 16.3. The van der Waals surface area contributed by atoms with Crippen LogP contribution in [-0.2, 0) is 26.8 Å². The molecule has 0 aliphatic rings. The number of pyridine rings is 1. The first-order valence-electron chi connectivity index (χ1n) is 11.0. The third-order valence-electron chi connectivity index (χ3n) is 5.52. The van der Waals surface area contributed by atoms with E-state index in [9.17, 15) is 22.7 Å². The van der Waals surface area contributed by atoms with Crippen molar-refractivity contribution in [1.82, 2.24) is 9.71 Å². The van der Waals surface area contributed by atoms with Crippen molar-refractivity contribution in [1.29, 1.82) is 0 Å². The molecule has 1 aromatic carbocycles. The zero-order valence-electron chi connectivity index (χ0n) is 20.3. The minimum atomic E-state index is -4.08. The Balaban J connectivity index is 1.87. The molecule has 3 rings (SSSR count). The van der Waals surface area contributed by atoms with E-state index in [0.29, 0.717) is 22.6 Å². The van der Waals surface area contributed by atoms with Gasteiger partial charge in [-0.25, -0.2) is 22.5 Å². The van der Waals surface area contributed by atoms with E-state index in [-0.39, 0.29) is 23.0 Å². The van der Waals surface area contributed by atoms with Crippen LogP contribution in [0.3, 0.4) is 0 Å². The number of nitrogens with one attached hydrogen (secondary N) is 1. The maximum Gasteiger partial charge on any atom is 0.273 e. The van der Waals surface area contributed by atoms with Crippen LogP contribution in [0.1, 0.15) is 56.7 Å². The topological polar surface area (TPSA) is 106 Å². The third kappa shape index (κ3) is 6.45. The molecule has 0 aliphatic heterocycles. The van der Waals surface area contributed by atoms with Crippen molar-refractivity contribution in [2.75, 3.05) is 7.11 Å². The van der Waals surface area contributed by atoms with Crippen LogP contribution >= 0.6 is 11.3 Å². The Labute approximate surface area is 209 Å². The molecule has 188 valence electrons. The number of thiophene rings is 1. The van der Waals surface area contributed by atoms with E-state index in [1.807, 2.05) is 13.8 Å². The van der Waals surface area contributed by atoms with Gasteiger partial charge in [-0.3, -0.25) is 4.79 Å². The molecular formula is C25H29FN2O5S2. The molecule has 0 aliphatic carbocycles. The summed E-state index contributed by atoms with van der Waals surface area (Å²) in [5.74, 6) is -0.744. The van der Waals surface area contributed by atoms with Crippen LogP contribution in [0, 0.1) is 5.82 Å². The van der Waals surface area contributed by atoms with Gasteiger partial charge in [0.25, 0.3) is 10.0 Å². The number of amides is 1. The summed E-state index contributed by atoms with van der Waals surface area (Å²) >= 11 is 0.929. The fraction of sp³-hybridized carbons (Fsp3) is 0.360. The normalized spacial score (nSPS) is 12.1. The van der Waals surface area contributed by atoms with Gasteiger partial charge in [0.2, 0.25) is 11.8 Å². The molecule has 0 radical (unpaired) electrons. The zero-order chi connectivity index (χ0) is 26.0. The van der Waals surface area contributed by atoms with Crippen molar-refractivity contribution < 1.29 is 27.4 Å². The van der Waals surface area contributed by atoms with Gasteiger partial charge >= 0.3 is 0 Å². The lowest BCUT2D eigenvalue weighted by atomic mass is 9.87. The van der Waals surface area contributed by atoms with Gasteiger partial charge in [0.05, 0.1) is 12.7 Å². The summed E-state index contributed by atoms with van der Waals surface area (Å²) in [5, 5.41) is 11.6. The fourth-order valence-corrected chi connectivity index (χ4v) is 6.02. The summed E-state index contributed by atoms with van der Waals surface area (Å²) in [6.07, 6.45) is 1.64. The van der Waals surface area contributed by atoms with Crippen molar-refractivity contribution in [2.45, 2.75) is 56.3 Å². The van der Waals surface area contributed by atoms with Gasteiger partial charge in [0.15, 0.2) is 0 Å². The lowest BCUT2D eigenvalue weighted by Gasteiger charge is -2.18. The Kier molecular flexibility index (Phi) is 7.98. The molecule has 3 aromatic rings. The quantitative estimate of drug-likeness (QED) is 0.422. The largest absolute Gasteiger partial charge is 0.481 e. The Bertz CT molecular complexity index is 1330. The molecule has 35 heavy (non-hydrogen) atoms. The molecule has 2 heterocycles. The van der Waals surface area contributed by atoms with Crippen LogP contribution in [-0.4, -0.2) is 31.5 Å². The standard InChI is InChI=1S/C25H29FN2O5S2/c1-15(2)20-12-18(26)13-21(16-8-9-27-23(10-16)33-5)19(20)6-7-22(29)28-35(31,32)24-11-17(14-34-24)25(3,4)30/h8-15,30H,6-7H2,1-5H3,(H,28,29). The highest BCUT2D eigenvalue weighted by Gasteiger charge is 2.25. The van der Waals surface area contributed by atoms with Crippen LogP contribution in [0.5, 0.6) is 5.88 Å². The van der Waals surface area contributed by atoms with E-state index in [1.54, 1.807) is 37.6 Å². The van der Waals surface area contributed by atoms with Crippen LogP contribution in [0.15, 0.2) is 46.1 Å². The summed E-state index contributed by atoms with van der Waals surface area (Å²) in [6, 6.07) is 7.61. The minimum absolute atomic E-state index is 0.0265. The van der Waals surface area contributed by atoms with Crippen molar-refractivity contribution in [3.8, 4) is 17.0 Å². The van der Waals surface area contributed by atoms with E-state index in [0.717, 1.165) is 22.5 Å². The number of halogens is 1. The van der Waals surface area contributed by atoms with Gasteiger partial charge in [-0.1, -0.05) is 13.8 Å². The van der Waals surface area contributed by atoms with Gasteiger partial charge in [0, 0.05) is 18.7 Å². The average Bonchev–Trinajstić information content (AvgIpc) is 3.29. The Hall–Kier alpha value is -2.82. The highest BCUT2D eigenvalue weighted by Crippen LogP contribution is 2.34. The second-order valence-corrected chi connectivity index (χ2v) is 11.8. The molecule has 0 bridgehead atoms. The number of hydrogen-bond donors (Lipinski definition) is 2. The molecule has 0 fully saturated rings. The van der Waals surface area contributed by atoms with Crippen molar-refractivity contribution in [3.63, 3.8) is 0 Å². The Morgan fingerprint density at radius 1 is 1.26 bits per heavy atom. The highest BCUT2D eigenvalue weighted by molar-refractivity contribution is 7.92. The van der Waals surface area contributed by atoms with Gasteiger partial charge in [0.1, 0.15) is 10.0 Å². The number of aliphatic hydroxyl groups is 1. The molecule has 1 amide bonds. The SMILES string of the molecule is COc1cc(-c2cc(F)cc(C(C)C)c2CCC(=O)NS(=O)(=O)c2cc(C(C)(C)O)cs2)ccn1. The maximum absolute atomic E-state index is 14.5. The van der Waals surface area contributed by atoms with Crippen LogP contribution in [0.2, 0.25) is 0 Å². The number of methoxy groups -OCH3 is 1. The number of benzene rings is 1. The highest BCUT2D eigenvalue weighted by atomic mass is 32.2. The fourth-order valence-electron chi connectivity index (χ4n) is 3.67. The molecule has 2 N–H and O–H groups in total. The van der Waals surface area contributed by atoms with Gasteiger partial charge in [-0.2, -0.15) is 0 Å². The van der Waals surface area contributed by atoms with E-state index < -0.39 is 27.3 Å². The number of ether oxygens (including phenoxy) is 1. The predicted molar refractivity (Wildman–Crippen MR) is 133 cm³/mol. The summed E-state index contributed by atoms with van der Waals surface area (Å²) in [6.45, 7) is 6.96. The van der Waals surface area contributed by atoms with Crippen LogP contribution in [0.4, 0.5) is 4.39 Å². The summed E-state index contributed by atoms with van der Waals surface area (Å²) in [4.78, 5) is 16.8. The number of carbonyl (C=O) groups is 1. The smallest absolute Gasteiger partial charge is 0.273 e. The van der Waals surface area contributed by atoms with E-state index in [1.165, 1.54) is 25.3 Å². The van der Waals surface area contributed by atoms with E-state index in [4.69, 9.17) is 4.74 Å². The molecule has 0 atom stereocenters. The number of sulfonamides is 1. The Morgan fingerprint density at radius 3 is 2.57 bits per heavy atom. The van der Waals surface area contributed by atoms with E-state index >= 15 is 0 Å². The summed E-state index contributed by atoms with van der Waals surface area (Å²) in [7, 11) is -2.60. The van der Waals surface area contributed by atoms with Crippen LogP contribution < -0.4 is 9.46 Å². The average molecular weight is 521 g/mol.